The molecule has 0 radical (unpaired) electrons. The standard InChI is InChI=1S/C14H14N2O4S/c1-20-14-8-10(2-7-13(14)17)9-16-11-3-5-12(6-4-11)21(15,18)19/h2-9,17H,1H3,(H2,15,18,19). The maximum atomic E-state index is 11.1. The number of benzene rings is 2. The monoisotopic (exact) mass is 306 g/mol. The Morgan fingerprint density at radius 3 is 2.43 bits per heavy atom. The molecule has 110 valence electrons. The highest BCUT2D eigenvalue weighted by molar-refractivity contribution is 7.89. The van der Waals surface area contributed by atoms with E-state index in [1.54, 1.807) is 30.5 Å². The van der Waals surface area contributed by atoms with Crippen LogP contribution in [-0.2, 0) is 10.0 Å². The van der Waals surface area contributed by atoms with Crippen LogP contribution < -0.4 is 9.88 Å². The fourth-order valence-electron chi connectivity index (χ4n) is 1.65. The minimum atomic E-state index is -3.70. The van der Waals surface area contributed by atoms with Gasteiger partial charge in [-0.15, -0.1) is 0 Å². The van der Waals surface area contributed by atoms with Crippen LogP contribution >= 0.6 is 0 Å². The lowest BCUT2D eigenvalue weighted by Crippen LogP contribution is -2.11. The molecular formula is C14H14N2O4S. The zero-order valence-electron chi connectivity index (χ0n) is 11.2. The smallest absolute Gasteiger partial charge is 0.238 e. The van der Waals surface area contributed by atoms with E-state index in [0.717, 1.165) is 5.56 Å². The molecule has 0 unspecified atom stereocenters. The van der Waals surface area contributed by atoms with Gasteiger partial charge in [0.1, 0.15) is 0 Å². The number of primary sulfonamides is 1. The number of aliphatic imine (C=N–C) groups is 1. The molecule has 0 heterocycles. The largest absolute Gasteiger partial charge is 0.504 e. The Labute approximate surface area is 122 Å². The summed E-state index contributed by atoms with van der Waals surface area (Å²) < 4.78 is 27.3. The number of phenols is 1. The number of ether oxygens (including phenoxy) is 1. The molecule has 6 nitrogen and oxygen atoms in total. The summed E-state index contributed by atoms with van der Waals surface area (Å²) in [5.74, 6) is 0.399. The molecule has 0 atom stereocenters. The minimum Gasteiger partial charge on any atom is -0.504 e. The number of aromatic hydroxyl groups is 1. The van der Waals surface area contributed by atoms with Gasteiger partial charge in [-0.1, -0.05) is 0 Å². The van der Waals surface area contributed by atoms with Crippen molar-refractivity contribution in [2.45, 2.75) is 4.90 Å². The van der Waals surface area contributed by atoms with Gasteiger partial charge in [0, 0.05) is 6.21 Å². The van der Waals surface area contributed by atoms with Crippen molar-refractivity contribution in [1.82, 2.24) is 0 Å². The number of nitrogens with zero attached hydrogens (tertiary/aromatic N) is 1. The Morgan fingerprint density at radius 2 is 1.86 bits per heavy atom. The first-order valence-corrected chi connectivity index (χ1v) is 7.49. The maximum Gasteiger partial charge on any atom is 0.238 e. The summed E-state index contributed by atoms with van der Waals surface area (Å²) in [5, 5.41) is 14.5. The molecule has 3 N–H and O–H groups in total. The summed E-state index contributed by atoms with van der Waals surface area (Å²) >= 11 is 0. The van der Waals surface area contributed by atoms with Crippen LogP contribution in [0.4, 0.5) is 5.69 Å². The Bertz CT molecular complexity index is 768. The molecule has 0 fully saturated rings. The van der Waals surface area contributed by atoms with E-state index in [-0.39, 0.29) is 10.6 Å². The molecule has 0 aliphatic heterocycles. The molecular weight excluding hydrogens is 292 g/mol. The lowest BCUT2D eigenvalue weighted by molar-refractivity contribution is 0.373. The average Bonchev–Trinajstić information content (AvgIpc) is 2.46. The normalized spacial score (nSPS) is 11.7. The zero-order chi connectivity index (χ0) is 15.5. The van der Waals surface area contributed by atoms with E-state index in [0.29, 0.717) is 11.4 Å². The number of phenolic OH excluding ortho intramolecular Hbond substituents is 1. The summed E-state index contributed by atoms with van der Waals surface area (Å²) in [6.07, 6.45) is 1.58. The zero-order valence-corrected chi connectivity index (χ0v) is 12.0. The molecule has 0 saturated heterocycles. The Kier molecular flexibility index (Phi) is 4.25. The van der Waals surface area contributed by atoms with Crippen LogP contribution in [0, 0.1) is 0 Å². The van der Waals surface area contributed by atoms with E-state index >= 15 is 0 Å². The molecule has 2 aromatic rings. The van der Waals surface area contributed by atoms with E-state index in [1.807, 2.05) is 0 Å². The molecule has 2 rings (SSSR count). The van der Waals surface area contributed by atoms with E-state index in [1.165, 1.54) is 25.3 Å². The van der Waals surface area contributed by atoms with Gasteiger partial charge < -0.3 is 9.84 Å². The van der Waals surface area contributed by atoms with Gasteiger partial charge in [0.2, 0.25) is 10.0 Å². The molecule has 0 aliphatic rings. The van der Waals surface area contributed by atoms with Gasteiger partial charge in [-0.25, -0.2) is 13.6 Å². The minimum absolute atomic E-state index is 0.0350. The van der Waals surface area contributed by atoms with Gasteiger partial charge in [-0.2, -0.15) is 0 Å². The Balaban J connectivity index is 2.21. The first kappa shape index (κ1) is 15.0. The van der Waals surface area contributed by atoms with Crippen molar-refractivity contribution in [3.8, 4) is 11.5 Å². The number of nitrogens with two attached hydrogens (primary N) is 1. The number of hydrogen-bond acceptors (Lipinski definition) is 5. The molecule has 0 spiro atoms. The summed E-state index contributed by atoms with van der Waals surface area (Å²) in [6.45, 7) is 0. The van der Waals surface area contributed by atoms with Crippen LogP contribution in [0.2, 0.25) is 0 Å². The third-order valence-electron chi connectivity index (χ3n) is 2.73. The first-order chi connectivity index (χ1) is 9.90. The van der Waals surface area contributed by atoms with Crippen molar-refractivity contribution in [1.29, 1.82) is 0 Å². The van der Waals surface area contributed by atoms with Crippen molar-refractivity contribution >= 4 is 21.9 Å². The van der Waals surface area contributed by atoms with Crippen LogP contribution in [0.25, 0.3) is 0 Å². The number of sulfonamides is 1. The molecule has 0 bridgehead atoms. The lowest BCUT2D eigenvalue weighted by Gasteiger charge is -2.03. The van der Waals surface area contributed by atoms with Crippen LogP contribution in [0.5, 0.6) is 11.5 Å². The van der Waals surface area contributed by atoms with Crippen LogP contribution in [0.3, 0.4) is 0 Å². The van der Waals surface area contributed by atoms with Crippen molar-refractivity contribution in [3.05, 3.63) is 48.0 Å². The van der Waals surface area contributed by atoms with Gasteiger partial charge >= 0.3 is 0 Å². The fraction of sp³-hybridized carbons (Fsp3) is 0.0714. The quantitative estimate of drug-likeness (QED) is 0.841. The Hall–Kier alpha value is -2.38. The number of hydrogen-bond donors (Lipinski definition) is 2. The van der Waals surface area contributed by atoms with Crippen LogP contribution in [0.15, 0.2) is 52.4 Å². The summed E-state index contributed by atoms with van der Waals surface area (Å²) in [6, 6.07) is 10.7. The van der Waals surface area contributed by atoms with E-state index in [4.69, 9.17) is 9.88 Å². The molecule has 7 heteroatoms. The maximum absolute atomic E-state index is 11.1. The second-order valence-electron chi connectivity index (χ2n) is 4.23. The summed E-state index contributed by atoms with van der Waals surface area (Å²) in [5.41, 5.74) is 1.31. The van der Waals surface area contributed by atoms with E-state index < -0.39 is 10.0 Å². The topological polar surface area (TPSA) is 102 Å². The van der Waals surface area contributed by atoms with Crippen molar-refractivity contribution in [2.24, 2.45) is 10.1 Å². The molecule has 21 heavy (non-hydrogen) atoms. The van der Waals surface area contributed by atoms with Gasteiger partial charge in [0.25, 0.3) is 0 Å². The fourth-order valence-corrected chi connectivity index (χ4v) is 2.16. The highest BCUT2D eigenvalue weighted by Crippen LogP contribution is 2.25. The van der Waals surface area contributed by atoms with E-state index in [2.05, 4.69) is 4.99 Å². The third-order valence-corrected chi connectivity index (χ3v) is 3.66. The molecule has 0 aromatic heterocycles. The van der Waals surface area contributed by atoms with Crippen molar-refractivity contribution in [2.75, 3.05) is 7.11 Å². The predicted octanol–water partition coefficient (Wildman–Crippen LogP) is 1.80. The third kappa shape index (κ3) is 3.80. The summed E-state index contributed by atoms with van der Waals surface area (Å²) in [4.78, 5) is 4.24. The second-order valence-corrected chi connectivity index (χ2v) is 5.79. The van der Waals surface area contributed by atoms with Gasteiger partial charge in [0.05, 0.1) is 17.7 Å². The predicted molar refractivity (Wildman–Crippen MR) is 79.7 cm³/mol. The van der Waals surface area contributed by atoms with E-state index in [9.17, 15) is 13.5 Å². The molecule has 0 aliphatic carbocycles. The van der Waals surface area contributed by atoms with Gasteiger partial charge in [0.15, 0.2) is 11.5 Å². The van der Waals surface area contributed by atoms with Crippen LogP contribution in [-0.4, -0.2) is 26.8 Å². The lowest BCUT2D eigenvalue weighted by atomic mass is 10.2. The SMILES string of the molecule is COc1cc(C=Nc2ccc(S(N)(=O)=O)cc2)ccc1O. The number of methoxy groups -OCH3 is 1. The first-order valence-electron chi connectivity index (χ1n) is 5.94. The average molecular weight is 306 g/mol. The van der Waals surface area contributed by atoms with Crippen molar-refractivity contribution < 1.29 is 18.3 Å². The molecule has 0 saturated carbocycles. The van der Waals surface area contributed by atoms with Gasteiger partial charge in [-0.05, 0) is 48.0 Å². The molecule has 2 aromatic carbocycles. The van der Waals surface area contributed by atoms with Gasteiger partial charge in [-0.3, -0.25) is 4.99 Å². The highest BCUT2D eigenvalue weighted by Gasteiger charge is 2.06. The number of rotatable bonds is 4. The van der Waals surface area contributed by atoms with Crippen LogP contribution in [0.1, 0.15) is 5.56 Å². The summed E-state index contributed by atoms with van der Waals surface area (Å²) in [7, 11) is -2.24. The highest BCUT2D eigenvalue weighted by atomic mass is 32.2. The second kappa shape index (κ2) is 5.94. The van der Waals surface area contributed by atoms with Crippen molar-refractivity contribution in [3.63, 3.8) is 0 Å². The Morgan fingerprint density at radius 1 is 1.19 bits per heavy atom. The molecule has 0 amide bonds.